The maximum absolute atomic E-state index is 12.5. The molecule has 1 N–H and O–H groups in total. The van der Waals surface area contributed by atoms with Crippen LogP contribution in [-0.2, 0) is 11.3 Å². The minimum absolute atomic E-state index is 0.0187. The summed E-state index contributed by atoms with van der Waals surface area (Å²) in [5, 5.41) is 7.21. The molecular formula is C19H21N5O. The van der Waals surface area contributed by atoms with Gasteiger partial charge in [-0.2, -0.15) is 5.10 Å². The monoisotopic (exact) mass is 335 g/mol. The van der Waals surface area contributed by atoms with Crippen LogP contribution in [0.5, 0.6) is 0 Å². The van der Waals surface area contributed by atoms with Crippen molar-refractivity contribution in [2.45, 2.75) is 32.4 Å². The molecule has 0 bridgehead atoms. The van der Waals surface area contributed by atoms with E-state index in [1.54, 1.807) is 23.4 Å². The summed E-state index contributed by atoms with van der Waals surface area (Å²) in [5.74, 6) is 0.0187. The van der Waals surface area contributed by atoms with Gasteiger partial charge >= 0.3 is 0 Å². The highest BCUT2D eigenvalue weighted by Crippen LogP contribution is 2.24. The van der Waals surface area contributed by atoms with Gasteiger partial charge in [-0.15, -0.1) is 0 Å². The van der Waals surface area contributed by atoms with Gasteiger partial charge in [0.1, 0.15) is 12.7 Å². The van der Waals surface area contributed by atoms with Crippen LogP contribution in [0, 0.1) is 6.92 Å². The molecule has 1 aromatic carbocycles. The molecular weight excluding hydrogens is 314 g/mol. The molecule has 128 valence electrons. The first-order valence-electron chi connectivity index (χ1n) is 8.31. The summed E-state index contributed by atoms with van der Waals surface area (Å²) < 4.78 is 1.73. The number of pyridine rings is 1. The Labute approximate surface area is 146 Å². The van der Waals surface area contributed by atoms with Crippen molar-refractivity contribution in [3.8, 4) is 0 Å². The summed E-state index contributed by atoms with van der Waals surface area (Å²) in [6.45, 7) is 2.73. The first kappa shape index (κ1) is 16.8. The molecule has 0 unspecified atom stereocenters. The molecule has 0 spiro atoms. The number of hydrogen-bond acceptors (Lipinski definition) is 4. The number of carbonyl (C=O) groups excluding carboxylic acids is 1. The molecule has 0 radical (unpaired) electrons. The third-order valence-corrected chi connectivity index (χ3v) is 4.10. The molecule has 3 aromatic rings. The van der Waals surface area contributed by atoms with Gasteiger partial charge in [0.2, 0.25) is 5.91 Å². The maximum Gasteiger partial charge on any atom is 0.220 e. The lowest BCUT2D eigenvalue weighted by molar-refractivity contribution is -0.121. The summed E-state index contributed by atoms with van der Waals surface area (Å²) in [6.07, 6.45) is 7.80. The summed E-state index contributed by atoms with van der Waals surface area (Å²) in [4.78, 5) is 20.4. The number of aromatic nitrogens is 4. The topological polar surface area (TPSA) is 72.7 Å². The molecule has 0 aliphatic heterocycles. The maximum atomic E-state index is 12.5. The summed E-state index contributed by atoms with van der Waals surface area (Å²) in [5.41, 5.74) is 3.26. The smallest absolute Gasteiger partial charge is 0.220 e. The van der Waals surface area contributed by atoms with Crippen molar-refractivity contribution >= 4 is 5.91 Å². The van der Waals surface area contributed by atoms with Gasteiger partial charge in [-0.05, 0) is 42.2 Å². The lowest BCUT2D eigenvalue weighted by Gasteiger charge is -2.21. The average Bonchev–Trinajstić information content (AvgIpc) is 3.15. The second-order valence-electron chi connectivity index (χ2n) is 5.90. The predicted molar refractivity (Wildman–Crippen MR) is 94.7 cm³/mol. The van der Waals surface area contributed by atoms with Gasteiger partial charge in [0.15, 0.2) is 0 Å². The number of nitrogens with one attached hydrogen (secondary N) is 1. The quantitative estimate of drug-likeness (QED) is 0.720. The number of hydrogen-bond donors (Lipinski definition) is 1. The van der Waals surface area contributed by atoms with E-state index in [0.717, 1.165) is 16.7 Å². The molecule has 1 amide bonds. The van der Waals surface area contributed by atoms with Crippen LogP contribution in [0.1, 0.15) is 35.6 Å². The van der Waals surface area contributed by atoms with Gasteiger partial charge in [0.25, 0.3) is 0 Å². The number of nitrogens with zero attached hydrogens (tertiary/aromatic N) is 4. The lowest BCUT2D eigenvalue weighted by atomic mass is 9.95. The standard InChI is InChI=1S/C19H21N5O/c1-15-5-2-3-6-17(15)19(16-8-10-20-11-9-16)23-18(25)7-4-12-24-14-21-13-22-24/h2-3,5-6,8-11,13-14,19H,4,7,12H2,1H3,(H,23,25)/t19-/m1/s1. The fourth-order valence-electron chi connectivity index (χ4n) is 2.79. The Hall–Kier alpha value is -3.02. The molecule has 0 aliphatic carbocycles. The van der Waals surface area contributed by atoms with Gasteiger partial charge in [-0.25, -0.2) is 4.98 Å². The van der Waals surface area contributed by atoms with Crippen molar-refractivity contribution in [3.63, 3.8) is 0 Å². The molecule has 1 atom stereocenters. The highest BCUT2D eigenvalue weighted by atomic mass is 16.1. The van der Waals surface area contributed by atoms with Gasteiger partial charge in [-0.1, -0.05) is 24.3 Å². The van der Waals surface area contributed by atoms with Crippen LogP contribution in [0.4, 0.5) is 0 Å². The Morgan fingerprint density at radius 1 is 1.16 bits per heavy atom. The minimum atomic E-state index is -0.178. The van der Waals surface area contributed by atoms with Crippen LogP contribution < -0.4 is 5.32 Å². The van der Waals surface area contributed by atoms with Gasteiger partial charge in [-0.3, -0.25) is 14.5 Å². The molecule has 6 heteroatoms. The number of rotatable bonds is 7. The first-order valence-corrected chi connectivity index (χ1v) is 8.31. The first-order chi connectivity index (χ1) is 12.2. The van der Waals surface area contributed by atoms with E-state index in [4.69, 9.17) is 0 Å². The van der Waals surface area contributed by atoms with Crippen molar-refractivity contribution in [2.75, 3.05) is 0 Å². The number of benzene rings is 1. The zero-order valence-corrected chi connectivity index (χ0v) is 14.2. The molecule has 2 aromatic heterocycles. The van der Waals surface area contributed by atoms with Crippen molar-refractivity contribution < 1.29 is 4.79 Å². The van der Waals surface area contributed by atoms with Crippen LogP contribution in [0.15, 0.2) is 61.4 Å². The number of aryl methyl sites for hydroxylation is 2. The average molecular weight is 335 g/mol. The van der Waals surface area contributed by atoms with Crippen LogP contribution >= 0.6 is 0 Å². The Kier molecular flexibility index (Phi) is 5.51. The fraction of sp³-hybridized carbons (Fsp3) is 0.263. The van der Waals surface area contributed by atoms with E-state index in [1.165, 1.54) is 6.33 Å². The third kappa shape index (κ3) is 4.50. The van der Waals surface area contributed by atoms with E-state index < -0.39 is 0 Å². The number of amides is 1. The normalized spacial score (nSPS) is 11.9. The second-order valence-corrected chi connectivity index (χ2v) is 5.90. The molecule has 0 saturated heterocycles. The van der Waals surface area contributed by atoms with E-state index in [2.05, 4.69) is 39.4 Å². The molecule has 6 nitrogen and oxygen atoms in total. The van der Waals surface area contributed by atoms with E-state index in [1.807, 2.05) is 24.3 Å². The SMILES string of the molecule is Cc1ccccc1[C@H](NC(=O)CCCn1cncn1)c1ccncc1. The lowest BCUT2D eigenvalue weighted by Crippen LogP contribution is -2.29. The zero-order chi connectivity index (χ0) is 17.5. The highest BCUT2D eigenvalue weighted by Gasteiger charge is 2.18. The van der Waals surface area contributed by atoms with Crippen molar-refractivity contribution in [3.05, 3.63) is 78.1 Å². The van der Waals surface area contributed by atoms with Crippen molar-refractivity contribution in [1.82, 2.24) is 25.1 Å². The Balaban J connectivity index is 1.69. The van der Waals surface area contributed by atoms with E-state index in [-0.39, 0.29) is 11.9 Å². The van der Waals surface area contributed by atoms with E-state index >= 15 is 0 Å². The molecule has 2 heterocycles. The highest BCUT2D eigenvalue weighted by molar-refractivity contribution is 5.77. The van der Waals surface area contributed by atoms with Gasteiger partial charge in [0, 0.05) is 25.4 Å². The molecule has 3 rings (SSSR count). The summed E-state index contributed by atoms with van der Waals surface area (Å²) in [7, 11) is 0. The van der Waals surface area contributed by atoms with Gasteiger partial charge in [0.05, 0.1) is 6.04 Å². The largest absolute Gasteiger partial charge is 0.345 e. The van der Waals surface area contributed by atoms with Crippen LogP contribution in [0.3, 0.4) is 0 Å². The van der Waals surface area contributed by atoms with Gasteiger partial charge < -0.3 is 5.32 Å². The van der Waals surface area contributed by atoms with E-state index in [0.29, 0.717) is 19.4 Å². The Morgan fingerprint density at radius 3 is 2.68 bits per heavy atom. The van der Waals surface area contributed by atoms with E-state index in [9.17, 15) is 4.79 Å². The fourth-order valence-corrected chi connectivity index (χ4v) is 2.79. The van der Waals surface area contributed by atoms with Crippen molar-refractivity contribution in [1.29, 1.82) is 0 Å². The second kappa shape index (κ2) is 8.19. The number of carbonyl (C=O) groups is 1. The van der Waals surface area contributed by atoms with Crippen LogP contribution in [0.2, 0.25) is 0 Å². The predicted octanol–water partition coefficient (Wildman–Crippen LogP) is 2.67. The van der Waals surface area contributed by atoms with Crippen LogP contribution in [0.25, 0.3) is 0 Å². The molecule has 0 fully saturated rings. The summed E-state index contributed by atoms with van der Waals surface area (Å²) >= 11 is 0. The third-order valence-electron chi connectivity index (χ3n) is 4.10. The Bertz CT molecular complexity index is 802. The molecule has 0 saturated carbocycles. The zero-order valence-electron chi connectivity index (χ0n) is 14.2. The molecule has 25 heavy (non-hydrogen) atoms. The van der Waals surface area contributed by atoms with Crippen molar-refractivity contribution in [2.24, 2.45) is 0 Å². The van der Waals surface area contributed by atoms with Crippen LogP contribution in [-0.4, -0.2) is 25.7 Å². The summed E-state index contributed by atoms with van der Waals surface area (Å²) in [6, 6.07) is 11.8. The molecule has 0 aliphatic rings. The Morgan fingerprint density at radius 2 is 1.96 bits per heavy atom. The minimum Gasteiger partial charge on any atom is -0.345 e.